The van der Waals surface area contributed by atoms with Gasteiger partial charge in [0, 0.05) is 11.4 Å². The number of carbonyl (C=O) groups excluding carboxylic acids is 2. The Hall–Kier alpha value is -2.24. The lowest BCUT2D eigenvalue weighted by Crippen LogP contribution is -2.30. The maximum absolute atomic E-state index is 12.7. The Morgan fingerprint density at radius 3 is 2.62 bits per heavy atom. The maximum atomic E-state index is 12.7. The third kappa shape index (κ3) is 2.70. The minimum Gasteiger partial charge on any atom is -0.274 e. The number of benzene rings is 2. The predicted octanol–water partition coefficient (Wildman–Crippen LogP) is 4.07. The summed E-state index contributed by atoms with van der Waals surface area (Å²) in [4.78, 5) is 30.8. The number of hydrogen-bond donors (Lipinski definition) is 0. The van der Waals surface area contributed by atoms with Gasteiger partial charge in [-0.05, 0) is 36.2 Å². The Balaban J connectivity index is 1.60. The van der Waals surface area contributed by atoms with Crippen LogP contribution in [0.4, 0.5) is 5.13 Å². The molecule has 1 saturated heterocycles. The number of imide groups is 1. The molecular formula is C18H13ClN2O2S. The molecule has 4 rings (SSSR count). The summed E-state index contributed by atoms with van der Waals surface area (Å²) in [5, 5.41) is 1.12. The van der Waals surface area contributed by atoms with E-state index in [1.54, 1.807) is 12.1 Å². The number of amides is 2. The molecule has 0 bridgehead atoms. The van der Waals surface area contributed by atoms with Crippen molar-refractivity contribution in [3.8, 4) is 0 Å². The first kappa shape index (κ1) is 15.3. The molecule has 120 valence electrons. The van der Waals surface area contributed by atoms with Crippen molar-refractivity contribution in [2.45, 2.75) is 12.8 Å². The summed E-state index contributed by atoms with van der Waals surface area (Å²) in [5.74, 6) is -0.697. The number of hydrogen-bond acceptors (Lipinski definition) is 4. The molecule has 3 aromatic rings. The lowest BCUT2D eigenvalue weighted by molar-refractivity contribution is -0.122. The molecule has 0 N–H and O–H groups in total. The molecule has 24 heavy (non-hydrogen) atoms. The first-order valence-electron chi connectivity index (χ1n) is 7.58. The van der Waals surface area contributed by atoms with E-state index in [1.165, 1.54) is 16.2 Å². The minimum absolute atomic E-state index is 0.172. The SMILES string of the molecule is O=C1C[C@H](Cc2ccc(Cl)cc2)C(=O)N1c1nc2ccccc2s1. The molecule has 1 aliphatic rings. The lowest BCUT2D eigenvalue weighted by Gasteiger charge is -2.11. The number of para-hydroxylation sites is 1. The smallest absolute Gasteiger partial charge is 0.239 e. The third-order valence-electron chi connectivity index (χ3n) is 4.11. The molecule has 1 fully saturated rings. The van der Waals surface area contributed by atoms with Gasteiger partial charge in [-0.1, -0.05) is 47.2 Å². The Kier molecular flexibility index (Phi) is 3.82. The average molecular weight is 357 g/mol. The van der Waals surface area contributed by atoms with E-state index >= 15 is 0 Å². The topological polar surface area (TPSA) is 50.3 Å². The van der Waals surface area contributed by atoms with Crippen molar-refractivity contribution < 1.29 is 9.59 Å². The number of carbonyl (C=O) groups is 2. The summed E-state index contributed by atoms with van der Waals surface area (Å²) in [6.07, 6.45) is 0.751. The fourth-order valence-corrected chi connectivity index (χ4v) is 4.03. The van der Waals surface area contributed by atoms with Gasteiger partial charge in [-0.15, -0.1) is 0 Å². The number of fused-ring (bicyclic) bond motifs is 1. The van der Waals surface area contributed by atoms with Crippen LogP contribution in [-0.2, 0) is 16.0 Å². The summed E-state index contributed by atoms with van der Waals surface area (Å²) in [7, 11) is 0. The highest BCUT2D eigenvalue weighted by Crippen LogP contribution is 2.34. The van der Waals surface area contributed by atoms with Crippen LogP contribution in [0.1, 0.15) is 12.0 Å². The Labute approximate surface area is 147 Å². The molecular weight excluding hydrogens is 344 g/mol. The standard InChI is InChI=1S/C18H13ClN2O2S/c19-13-7-5-11(6-8-13)9-12-10-16(22)21(17(12)23)18-20-14-3-1-2-4-15(14)24-18/h1-8,12H,9-10H2/t12-/m0/s1. The van der Waals surface area contributed by atoms with Gasteiger partial charge >= 0.3 is 0 Å². The summed E-state index contributed by atoms with van der Waals surface area (Å²) < 4.78 is 0.967. The van der Waals surface area contributed by atoms with Crippen LogP contribution >= 0.6 is 22.9 Å². The van der Waals surface area contributed by atoms with E-state index in [-0.39, 0.29) is 24.2 Å². The van der Waals surface area contributed by atoms with Crippen LogP contribution in [0, 0.1) is 5.92 Å². The van der Waals surface area contributed by atoms with E-state index in [9.17, 15) is 9.59 Å². The fourth-order valence-electron chi connectivity index (χ4n) is 2.92. The number of anilines is 1. The number of nitrogens with zero attached hydrogens (tertiary/aromatic N) is 2. The van der Waals surface area contributed by atoms with Gasteiger partial charge in [0.15, 0.2) is 5.13 Å². The van der Waals surface area contributed by atoms with Gasteiger partial charge in [-0.2, -0.15) is 0 Å². The maximum Gasteiger partial charge on any atom is 0.239 e. The van der Waals surface area contributed by atoms with E-state index < -0.39 is 0 Å². The van der Waals surface area contributed by atoms with Crippen molar-refractivity contribution in [3.63, 3.8) is 0 Å². The molecule has 0 radical (unpaired) electrons. The van der Waals surface area contributed by atoms with Crippen molar-refractivity contribution in [3.05, 3.63) is 59.1 Å². The highest BCUT2D eigenvalue weighted by Gasteiger charge is 2.40. The Bertz CT molecular complexity index is 903. The first-order chi connectivity index (χ1) is 11.6. The summed E-state index contributed by atoms with van der Waals surface area (Å²) in [5.41, 5.74) is 1.80. The summed E-state index contributed by atoms with van der Waals surface area (Å²) in [6.45, 7) is 0. The monoisotopic (exact) mass is 356 g/mol. The van der Waals surface area contributed by atoms with Crippen LogP contribution in [0.3, 0.4) is 0 Å². The second-order valence-corrected chi connectivity index (χ2v) is 7.21. The summed E-state index contributed by atoms with van der Waals surface area (Å²) in [6, 6.07) is 15.0. The molecule has 0 saturated carbocycles. The van der Waals surface area contributed by atoms with Gasteiger partial charge in [0.25, 0.3) is 0 Å². The van der Waals surface area contributed by atoms with Crippen molar-refractivity contribution in [1.82, 2.24) is 4.98 Å². The van der Waals surface area contributed by atoms with Crippen molar-refractivity contribution >= 4 is 50.1 Å². The largest absolute Gasteiger partial charge is 0.274 e. The van der Waals surface area contributed by atoms with E-state index in [0.29, 0.717) is 16.6 Å². The molecule has 1 atom stereocenters. The van der Waals surface area contributed by atoms with Crippen LogP contribution in [0.25, 0.3) is 10.2 Å². The molecule has 0 spiro atoms. The Morgan fingerprint density at radius 1 is 1.12 bits per heavy atom. The predicted molar refractivity (Wildman–Crippen MR) is 95.4 cm³/mol. The van der Waals surface area contributed by atoms with Crippen molar-refractivity contribution in [2.24, 2.45) is 5.92 Å². The molecule has 0 aliphatic carbocycles. The fraction of sp³-hybridized carbons (Fsp3) is 0.167. The second kappa shape index (κ2) is 6.00. The number of aromatic nitrogens is 1. The zero-order chi connectivity index (χ0) is 16.7. The van der Waals surface area contributed by atoms with E-state index in [1.807, 2.05) is 36.4 Å². The number of rotatable bonds is 3. The van der Waals surface area contributed by atoms with Gasteiger partial charge in [0.05, 0.1) is 16.1 Å². The van der Waals surface area contributed by atoms with Crippen molar-refractivity contribution in [1.29, 1.82) is 0 Å². The normalized spacial score (nSPS) is 17.9. The van der Waals surface area contributed by atoms with Crippen LogP contribution in [0.15, 0.2) is 48.5 Å². The van der Waals surface area contributed by atoms with Gasteiger partial charge in [0.2, 0.25) is 11.8 Å². The van der Waals surface area contributed by atoms with Crippen LogP contribution in [0.2, 0.25) is 5.02 Å². The number of halogens is 1. The van der Waals surface area contributed by atoms with Gasteiger partial charge in [0.1, 0.15) is 0 Å². The van der Waals surface area contributed by atoms with Crippen LogP contribution < -0.4 is 4.90 Å². The average Bonchev–Trinajstić information content (AvgIpc) is 3.10. The van der Waals surface area contributed by atoms with Crippen molar-refractivity contribution in [2.75, 3.05) is 4.90 Å². The van der Waals surface area contributed by atoms with Gasteiger partial charge < -0.3 is 0 Å². The molecule has 2 aromatic carbocycles. The lowest BCUT2D eigenvalue weighted by atomic mass is 9.98. The molecule has 0 unspecified atom stereocenters. The van der Waals surface area contributed by atoms with Gasteiger partial charge in [-0.25, -0.2) is 9.88 Å². The molecule has 6 heteroatoms. The zero-order valence-electron chi connectivity index (χ0n) is 12.6. The van der Waals surface area contributed by atoms with E-state index in [4.69, 9.17) is 11.6 Å². The molecule has 4 nitrogen and oxygen atoms in total. The molecule has 1 aliphatic heterocycles. The highest BCUT2D eigenvalue weighted by atomic mass is 35.5. The third-order valence-corrected chi connectivity index (χ3v) is 5.38. The van der Waals surface area contributed by atoms with E-state index in [2.05, 4.69) is 4.98 Å². The van der Waals surface area contributed by atoms with Gasteiger partial charge in [-0.3, -0.25) is 9.59 Å². The van der Waals surface area contributed by atoms with Crippen LogP contribution in [-0.4, -0.2) is 16.8 Å². The quantitative estimate of drug-likeness (QED) is 0.664. The molecule has 1 aromatic heterocycles. The van der Waals surface area contributed by atoms with E-state index in [0.717, 1.165) is 15.8 Å². The minimum atomic E-state index is -0.342. The first-order valence-corrected chi connectivity index (χ1v) is 8.78. The van der Waals surface area contributed by atoms with Crippen LogP contribution in [0.5, 0.6) is 0 Å². The zero-order valence-corrected chi connectivity index (χ0v) is 14.2. The second-order valence-electron chi connectivity index (χ2n) is 5.76. The molecule has 2 amide bonds. The Morgan fingerprint density at radius 2 is 1.88 bits per heavy atom. The molecule has 2 heterocycles. The highest BCUT2D eigenvalue weighted by molar-refractivity contribution is 7.22. The number of thiazole rings is 1. The summed E-state index contributed by atoms with van der Waals surface area (Å²) >= 11 is 7.25.